The van der Waals surface area contributed by atoms with Crippen LogP contribution >= 0.6 is 0 Å². The number of H-pyrrole nitrogens is 1. The first kappa shape index (κ1) is 12.6. The van der Waals surface area contributed by atoms with Gasteiger partial charge in [-0.1, -0.05) is 13.3 Å². The van der Waals surface area contributed by atoms with E-state index >= 15 is 0 Å². The number of aryl methyl sites for hydroxylation is 1. The van der Waals surface area contributed by atoms with E-state index in [-0.39, 0.29) is 0 Å². The van der Waals surface area contributed by atoms with Gasteiger partial charge < -0.3 is 10.2 Å². The predicted octanol–water partition coefficient (Wildman–Crippen LogP) is 1.55. The van der Waals surface area contributed by atoms with E-state index in [1.165, 1.54) is 43.9 Å². The summed E-state index contributed by atoms with van der Waals surface area (Å²) in [5.74, 6) is 0. The van der Waals surface area contributed by atoms with Crippen molar-refractivity contribution >= 4 is 0 Å². The van der Waals surface area contributed by atoms with E-state index in [2.05, 4.69) is 33.4 Å². The molecule has 0 saturated carbocycles. The highest BCUT2D eigenvalue weighted by Crippen LogP contribution is 2.06. The molecule has 96 valence electrons. The van der Waals surface area contributed by atoms with Gasteiger partial charge in [0.05, 0.1) is 5.69 Å². The Morgan fingerprint density at radius 2 is 2.24 bits per heavy atom. The van der Waals surface area contributed by atoms with Crippen LogP contribution in [0.2, 0.25) is 0 Å². The van der Waals surface area contributed by atoms with Crippen molar-refractivity contribution in [2.75, 3.05) is 26.2 Å². The highest BCUT2D eigenvalue weighted by molar-refractivity contribution is 5.08. The van der Waals surface area contributed by atoms with E-state index < -0.39 is 0 Å². The zero-order chi connectivity index (χ0) is 11.9. The fourth-order valence-corrected chi connectivity index (χ4v) is 2.35. The first-order valence-electron chi connectivity index (χ1n) is 6.84. The first-order chi connectivity index (χ1) is 8.38. The molecule has 17 heavy (non-hydrogen) atoms. The summed E-state index contributed by atoms with van der Waals surface area (Å²) in [4.78, 5) is 2.53. The van der Waals surface area contributed by atoms with Gasteiger partial charge >= 0.3 is 0 Å². The lowest BCUT2D eigenvalue weighted by molar-refractivity contribution is 0.335. The van der Waals surface area contributed by atoms with Gasteiger partial charge in [-0.25, -0.2) is 0 Å². The Kier molecular flexibility index (Phi) is 5.01. The molecule has 1 aliphatic heterocycles. The van der Waals surface area contributed by atoms with E-state index in [9.17, 15) is 0 Å². The highest BCUT2D eigenvalue weighted by Gasteiger charge is 2.10. The summed E-state index contributed by atoms with van der Waals surface area (Å²) < 4.78 is 0. The lowest BCUT2D eigenvalue weighted by atomic mass is 10.2. The van der Waals surface area contributed by atoms with Crippen molar-refractivity contribution in [1.82, 2.24) is 20.4 Å². The number of hydrogen-bond donors (Lipinski definition) is 2. The number of likely N-dealkylation sites (tertiary alicyclic amines) is 1. The molecule has 0 atom stereocenters. The van der Waals surface area contributed by atoms with Gasteiger partial charge in [-0.3, -0.25) is 5.10 Å². The van der Waals surface area contributed by atoms with Gasteiger partial charge in [0.1, 0.15) is 0 Å². The first-order valence-corrected chi connectivity index (χ1v) is 6.84. The standard InChI is InChI=1S/C13H24N4/c1-2-5-12-10-13(16-15-12)11-14-6-9-17-7-3-4-8-17/h10,14H,2-9,11H2,1H3,(H,15,16). The molecule has 0 unspecified atom stereocenters. The number of nitrogens with one attached hydrogen (secondary N) is 2. The summed E-state index contributed by atoms with van der Waals surface area (Å²) in [5, 5.41) is 10.9. The van der Waals surface area contributed by atoms with E-state index in [1.54, 1.807) is 0 Å². The molecule has 1 aromatic rings. The summed E-state index contributed by atoms with van der Waals surface area (Å²) in [7, 11) is 0. The SMILES string of the molecule is CCCc1cc(CNCCN2CCCC2)[nH]n1. The molecule has 0 radical (unpaired) electrons. The molecular formula is C13H24N4. The predicted molar refractivity (Wildman–Crippen MR) is 70.0 cm³/mol. The summed E-state index contributed by atoms with van der Waals surface area (Å²) in [6.07, 6.45) is 4.98. The zero-order valence-corrected chi connectivity index (χ0v) is 10.8. The molecule has 1 saturated heterocycles. The van der Waals surface area contributed by atoms with E-state index in [0.29, 0.717) is 0 Å². The minimum absolute atomic E-state index is 0.907. The van der Waals surface area contributed by atoms with Crippen LogP contribution in [0.3, 0.4) is 0 Å². The third-order valence-electron chi connectivity index (χ3n) is 3.31. The fraction of sp³-hybridized carbons (Fsp3) is 0.769. The minimum Gasteiger partial charge on any atom is -0.310 e. The summed E-state index contributed by atoms with van der Waals surface area (Å²) in [5.41, 5.74) is 2.39. The molecule has 0 bridgehead atoms. The van der Waals surface area contributed by atoms with Crippen molar-refractivity contribution in [3.63, 3.8) is 0 Å². The Morgan fingerprint density at radius 1 is 1.41 bits per heavy atom. The van der Waals surface area contributed by atoms with Crippen molar-refractivity contribution in [1.29, 1.82) is 0 Å². The Bertz CT molecular complexity index is 315. The van der Waals surface area contributed by atoms with Crippen molar-refractivity contribution in [3.05, 3.63) is 17.5 Å². The van der Waals surface area contributed by atoms with Crippen LogP contribution < -0.4 is 5.32 Å². The topological polar surface area (TPSA) is 44.0 Å². The lowest BCUT2D eigenvalue weighted by Gasteiger charge is -2.14. The van der Waals surface area contributed by atoms with Gasteiger partial charge in [-0.05, 0) is 38.4 Å². The normalized spacial score (nSPS) is 16.8. The van der Waals surface area contributed by atoms with Crippen LogP contribution in [0, 0.1) is 0 Å². The van der Waals surface area contributed by atoms with Crippen LogP contribution in [0.4, 0.5) is 0 Å². The fourth-order valence-electron chi connectivity index (χ4n) is 2.35. The maximum Gasteiger partial charge on any atom is 0.0625 e. The van der Waals surface area contributed by atoms with Crippen LogP contribution in [0.1, 0.15) is 37.6 Å². The zero-order valence-electron chi connectivity index (χ0n) is 10.8. The molecule has 1 fully saturated rings. The third kappa shape index (κ3) is 4.13. The van der Waals surface area contributed by atoms with Crippen molar-refractivity contribution < 1.29 is 0 Å². The molecule has 0 amide bonds. The number of nitrogens with zero attached hydrogens (tertiary/aromatic N) is 2. The van der Waals surface area contributed by atoms with Gasteiger partial charge in [-0.2, -0.15) is 5.10 Å². The molecule has 4 nitrogen and oxygen atoms in total. The second-order valence-electron chi connectivity index (χ2n) is 4.86. The Morgan fingerprint density at radius 3 is 3.00 bits per heavy atom. The Hall–Kier alpha value is -0.870. The number of aromatic amines is 1. The molecule has 2 rings (SSSR count). The van der Waals surface area contributed by atoms with E-state index in [4.69, 9.17) is 0 Å². The molecule has 1 aromatic heterocycles. The number of hydrogen-bond acceptors (Lipinski definition) is 3. The summed E-state index contributed by atoms with van der Waals surface area (Å²) in [6.45, 7) is 7.91. The quantitative estimate of drug-likeness (QED) is 0.706. The average molecular weight is 236 g/mol. The number of aromatic nitrogens is 2. The highest BCUT2D eigenvalue weighted by atomic mass is 15.2. The van der Waals surface area contributed by atoms with Crippen molar-refractivity contribution in [3.8, 4) is 0 Å². The monoisotopic (exact) mass is 236 g/mol. The second kappa shape index (κ2) is 6.77. The number of rotatable bonds is 7. The van der Waals surface area contributed by atoms with Crippen molar-refractivity contribution in [2.45, 2.75) is 39.2 Å². The van der Waals surface area contributed by atoms with Gasteiger partial charge in [0.25, 0.3) is 0 Å². The van der Waals surface area contributed by atoms with Crippen LogP contribution in [0.25, 0.3) is 0 Å². The van der Waals surface area contributed by atoms with Crippen molar-refractivity contribution in [2.24, 2.45) is 0 Å². The van der Waals surface area contributed by atoms with E-state index in [1.807, 2.05) is 0 Å². The Labute approximate surface area is 104 Å². The van der Waals surface area contributed by atoms with Gasteiger partial charge in [0.2, 0.25) is 0 Å². The lowest BCUT2D eigenvalue weighted by Crippen LogP contribution is -2.29. The molecule has 0 spiro atoms. The average Bonchev–Trinajstić information content (AvgIpc) is 2.96. The maximum absolute atomic E-state index is 4.29. The minimum atomic E-state index is 0.907. The van der Waals surface area contributed by atoms with Crippen LogP contribution in [-0.2, 0) is 13.0 Å². The molecular weight excluding hydrogens is 212 g/mol. The van der Waals surface area contributed by atoms with E-state index in [0.717, 1.165) is 25.9 Å². The van der Waals surface area contributed by atoms with Crippen LogP contribution in [0.5, 0.6) is 0 Å². The smallest absolute Gasteiger partial charge is 0.0625 e. The molecule has 0 aromatic carbocycles. The molecule has 0 aliphatic carbocycles. The molecule has 2 N–H and O–H groups in total. The molecule has 2 heterocycles. The van der Waals surface area contributed by atoms with Gasteiger partial charge in [0, 0.05) is 25.3 Å². The molecule has 4 heteroatoms. The van der Waals surface area contributed by atoms with Crippen LogP contribution in [-0.4, -0.2) is 41.3 Å². The maximum atomic E-state index is 4.29. The molecule has 1 aliphatic rings. The van der Waals surface area contributed by atoms with Gasteiger partial charge in [-0.15, -0.1) is 0 Å². The summed E-state index contributed by atoms with van der Waals surface area (Å²) >= 11 is 0. The summed E-state index contributed by atoms with van der Waals surface area (Å²) in [6, 6.07) is 2.17. The second-order valence-corrected chi connectivity index (χ2v) is 4.86. The van der Waals surface area contributed by atoms with Gasteiger partial charge in [0.15, 0.2) is 0 Å². The third-order valence-corrected chi connectivity index (χ3v) is 3.31. The largest absolute Gasteiger partial charge is 0.310 e. The van der Waals surface area contributed by atoms with Crippen LogP contribution in [0.15, 0.2) is 6.07 Å². The Balaban J connectivity index is 1.60.